The van der Waals surface area contributed by atoms with E-state index in [1.54, 1.807) is 0 Å². The summed E-state index contributed by atoms with van der Waals surface area (Å²) in [5.41, 5.74) is 0.630. The molecule has 23 heavy (non-hydrogen) atoms. The Labute approximate surface area is 147 Å². The summed E-state index contributed by atoms with van der Waals surface area (Å²) in [5.74, 6) is 0. The Morgan fingerprint density at radius 3 is 1.35 bits per heavy atom. The third-order valence-electron chi connectivity index (χ3n) is 5.28. The van der Waals surface area contributed by atoms with E-state index >= 15 is 0 Å². The minimum atomic E-state index is 0.506. The van der Waals surface area contributed by atoms with Gasteiger partial charge in [0.1, 0.15) is 0 Å². The van der Waals surface area contributed by atoms with Crippen LogP contribution in [0.2, 0.25) is 0 Å². The van der Waals surface area contributed by atoms with Gasteiger partial charge < -0.3 is 10.6 Å². The Morgan fingerprint density at radius 1 is 0.609 bits per heavy atom. The third-order valence-corrected chi connectivity index (χ3v) is 5.28. The molecule has 0 saturated carbocycles. The smallest absolute Gasteiger partial charge is 0.0571 e. The van der Waals surface area contributed by atoms with Crippen molar-refractivity contribution in [1.82, 2.24) is 10.6 Å². The van der Waals surface area contributed by atoms with Crippen LogP contribution < -0.4 is 10.6 Å². The highest BCUT2D eigenvalue weighted by molar-refractivity contribution is 4.80. The molecular formula is C21H46N2. The Morgan fingerprint density at radius 2 is 1.00 bits per heavy atom. The van der Waals surface area contributed by atoms with E-state index in [4.69, 9.17) is 0 Å². The van der Waals surface area contributed by atoms with E-state index in [-0.39, 0.29) is 0 Å². The molecule has 0 aromatic carbocycles. The van der Waals surface area contributed by atoms with Gasteiger partial charge in [-0.3, -0.25) is 0 Å². The van der Waals surface area contributed by atoms with Crippen molar-refractivity contribution in [3.8, 4) is 0 Å². The molecule has 0 aromatic rings. The van der Waals surface area contributed by atoms with E-state index in [0.717, 1.165) is 13.1 Å². The molecule has 0 saturated heterocycles. The average molecular weight is 327 g/mol. The molecule has 0 bridgehead atoms. The first kappa shape index (κ1) is 22.9. The summed E-state index contributed by atoms with van der Waals surface area (Å²) in [6.45, 7) is 13.6. The minimum Gasteiger partial charge on any atom is -0.302 e. The first-order valence-corrected chi connectivity index (χ1v) is 10.6. The molecule has 0 unspecified atom stereocenters. The van der Waals surface area contributed by atoms with E-state index in [0.29, 0.717) is 11.6 Å². The van der Waals surface area contributed by atoms with Crippen LogP contribution in [-0.2, 0) is 0 Å². The summed E-state index contributed by atoms with van der Waals surface area (Å²) in [4.78, 5) is 0. The summed E-state index contributed by atoms with van der Waals surface area (Å²) in [5, 5.41) is 7.18. The predicted molar refractivity (Wildman–Crippen MR) is 106 cm³/mol. The van der Waals surface area contributed by atoms with E-state index in [1.807, 2.05) is 0 Å². The lowest BCUT2D eigenvalue weighted by Gasteiger charge is -2.35. The Hall–Kier alpha value is -0.0800. The van der Waals surface area contributed by atoms with E-state index < -0.39 is 0 Å². The van der Waals surface area contributed by atoms with Gasteiger partial charge in [0.15, 0.2) is 0 Å². The highest BCUT2D eigenvalue weighted by Gasteiger charge is 2.28. The zero-order chi connectivity index (χ0) is 17.4. The van der Waals surface area contributed by atoms with Gasteiger partial charge >= 0.3 is 0 Å². The quantitative estimate of drug-likeness (QED) is 0.308. The van der Waals surface area contributed by atoms with Crippen LogP contribution in [-0.4, -0.2) is 19.3 Å². The molecule has 2 N–H and O–H groups in total. The van der Waals surface area contributed by atoms with Gasteiger partial charge in [-0.15, -0.1) is 0 Å². The molecule has 0 rings (SSSR count). The van der Waals surface area contributed by atoms with Gasteiger partial charge in [0, 0.05) is 0 Å². The summed E-state index contributed by atoms with van der Waals surface area (Å²) in [6.07, 6.45) is 17.2. The van der Waals surface area contributed by atoms with Crippen molar-refractivity contribution in [2.24, 2.45) is 5.41 Å². The molecule has 0 aliphatic heterocycles. The molecule has 0 aliphatic carbocycles. The molecule has 0 heterocycles. The molecule has 140 valence electrons. The van der Waals surface area contributed by atoms with Crippen LogP contribution in [0.3, 0.4) is 0 Å². The molecular weight excluding hydrogens is 280 g/mol. The van der Waals surface area contributed by atoms with Crippen LogP contribution in [0.4, 0.5) is 0 Å². The van der Waals surface area contributed by atoms with Crippen molar-refractivity contribution in [3.05, 3.63) is 0 Å². The van der Waals surface area contributed by atoms with Crippen LogP contribution in [0.15, 0.2) is 0 Å². The van der Waals surface area contributed by atoms with Crippen LogP contribution >= 0.6 is 0 Å². The van der Waals surface area contributed by atoms with Crippen molar-refractivity contribution in [3.63, 3.8) is 0 Å². The number of hydrogen-bond acceptors (Lipinski definition) is 2. The Kier molecular flexibility index (Phi) is 15.4. The lowest BCUT2D eigenvalue weighted by Crippen LogP contribution is -2.42. The molecule has 2 heteroatoms. The van der Waals surface area contributed by atoms with Gasteiger partial charge in [-0.25, -0.2) is 0 Å². The molecule has 0 aliphatic rings. The number of rotatable bonds is 17. The molecule has 2 nitrogen and oxygen atoms in total. The highest BCUT2D eigenvalue weighted by atomic mass is 15.1. The zero-order valence-corrected chi connectivity index (χ0v) is 17.0. The Bertz CT molecular complexity index is 212. The molecule has 0 fully saturated rings. The summed E-state index contributed by atoms with van der Waals surface area (Å²) >= 11 is 0. The maximum absolute atomic E-state index is 3.59. The molecule has 0 radical (unpaired) electrons. The topological polar surface area (TPSA) is 24.1 Å². The van der Waals surface area contributed by atoms with Crippen molar-refractivity contribution >= 4 is 0 Å². The number of nitrogens with one attached hydrogen (secondary N) is 2. The summed E-state index contributed by atoms with van der Waals surface area (Å²) in [7, 11) is 0. The summed E-state index contributed by atoms with van der Waals surface area (Å²) in [6, 6.07) is 0. The number of unbranched alkanes of at least 4 members (excludes halogenated alkanes) is 3. The summed E-state index contributed by atoms with van der Waals surface area (Å²) < 4.78 is 0. The standard InChI is InChI=1S/C21H46N2/c1-6-11-16-21(17-12-7-2,18-13-8-3)19-14-15-20(22-9-4)23-10-5/h20,22-23H,6-19H2,1-5H3. The van der Waals surface area contributed by atoms with Gasteiger partial charge in [0.25, 0.3) is 0 Å². The van der Waals surface area contributed by atoms with E-state index in [1.165, 1.54) is 77.0 Å². The SMILES string of the molecule is CCCCC(CCCC)(CCCC)CCCC(NCC)NCC. The van der Waals surface area contributed by atoms with Crippen molar-refractivity contribution in [1.29, 1.82) is 0 Å². The minimum absolute atomic E-state index is 0.506. The van der Waals surface area contributed by atoms with Gasteiger partial charge in [-0.2, -0.15) is 0 Å². The monoisotopic (exact) mass is 326 g/mol. The lowest BCUT2D eigenvalue weighted by atomic mass is 9.71. The molecule has 0 spiro atoms. The molecule has 0 amide bonds. The van der Waals surface area contributed by atoms with E-state index in [2.05, 4.69) is 45.3 Å². The maximum Gasteiger partial charge on any atom is 0.0571 e. The predicted octanol–water partition coefficient (Wildman–Crippen LogP) is 6.26. The van der Waals surface area contributed by atoms with Crippen LogP contribution in [0, 0.1) is 5.41 Å². The normalized spacial score (nSPS) is 12.3. The van der Waals surface area contributed by atoms with Crippen LogP contribution in [0.25, 0.3) is 0 Å². The van der Waals surface area contributed by atoms with Gasteiger partial charge in [0.05, 0.1) is 6.17 Å². The fourth-order valence-electron chi connectivity index (χ4n) is 3.86. The second-order valence-electron chi connectivity index (χ2n) is 7.37. The zero-order valence-electron chi connectivity index (χ0n) is 17.0. The maximum atomic E-state index is 3.59. The second-order valence-corrected chi connectivity index (χ2v) is 7.37. The first-order valence-electron chi connectivity index (χ1n) is 10.6. The lowest BCUT2D eigenvalue weighted by molar-refractivity contribution is 0.172. The van der Waals surface area contributed by atoms with Gasteiger partial charge in [-0.1, -0.05) is 79.6 Å². The number of hydrogen-bond donors (Lipinski definition) is 2. The van der Waals surface area contributed by atoms with Crippen molar-refractivity contribution in [2.75, 3.05) is 13.1 Å². The third kappa shape index (κ3) is 11.2. The second kappa shape index (κ2) is 15.4. The fourth-order valence-corrected chi connectivity index (χ4v) is 3.86. The first-order chi connectivity index (χ1) is 11.2. The highest BCUT2D eigenvalue weighted by Crippen LogP contribution is 2.41. The van der Waals surface area contributed by atoms with Crippen molar-refractivity contribution in [2.45, 2.75) is 118 Å². The average Bonchev–Trinajstić information content (AvgIpc) is 2.56. The van der Waals surface area contributed by atoms with Crippen LogP contribution in [0.1, 0.15) is 112 Å². The van der Waals surface area contributed by atoms with Crippen LogP contribution in [0.5, 0.6) is 0 Å². The van der Waals surface area contributed by atoms with Gasteiger partial charge in [0.2, 0.25) is 0 Å². The fraction of sp³-hybridized carbons (Fsp3) is 1.00. The Balaban J connectivity index is 4.60. The van der Waals surface area contributed by atoms with Gasteiger partial charge in [-0.05, 0) is 50.6 Å². The molecule has 0 aromatic heterocycles. The largest absolute Gasteiger partial charge is 0.302 e. The van der Waals surface area contributed by atoms with E-state index in [9.17, 15) is 0 Å². The molecule has 0 atom stereocenters. The van der Waals surface area contributed by atoms with Crippen molar-refractivity contribution < 1.29 is 0 Å².